The Hall–Kier alpha value is -2.32. The predicted octanol–water partition coefficient (Wildman–Crippen LogP) is 5.15. The maximum absolute atomic E-state index is 12.1. The average Bonchev–Trinajstić information content (AvgIpc) is 3.03. The molecule has 162 valence electrons. The molecule has 8 heteroatoms. The number of aryl methyl sites for hydroxylation is 1. The van der Waals surface area contributed by atoms with Crippen LogP contribution in [0.25, 0.3) is 5.48 Å². The molecular weight excluding hydrogens is 380 g/mol. The average molecular weight is 410 g/mol. The van der Waals surface area contributed by atoms with E-state index < -0.39 is 23.7 Å². The van der Waals surface area contributed by atoms with Crippen molar-refractivity contribution in [1.82, 2.24) is 9.78 Å². The summed E-state index contributed by atoms with van der Waals surface area (Å²) in [7, 11) is 2.99. The molecule has 1 unspecified atom stereocenters. The Kier molecular flexibility index (Phi) is 9.39. The number of benzene rings is 1. The monoisotopic (exact) mass is 410 g/mol. The highest BCUT2D eigenvalue weighted by Crippen LogP contribution is 2.23. The Labute approximate surface area is 170 Å². The third kappa shape index (κ3) is 8.29. The van der Waals surface area contributed by atoms with Gasteiger partial charge in [0, 0.05) is 20.4 Å². The maximum atomic E-state index is 12.1. The lowest BCUT2D eigenvalue weighted by atomic mass is 9.86. The van der Waals surface area contributed by atoms with Crippen molar-refractivity contribution in [2.75, 3.05) is 13.7 Å². The molecule has 2 rings (SSSR count). The first-order chi connectivity index (χ1) is 13.5. The summed E-state index contributed by atoms with van der Waals surface area (Å²) < 4.78 is 25.2. The van der Waals surface area contributed by atoms with Gasteiger partial charge in [0.2, 0.25) is 0 Å². The fourth-order valence-corrected chi connectivity index (χ4v) is 2.64. The molecule has 0 spiro atoms. The minimum absolute atomic E-state index is 0.232. The summed E-state index contributed by atoms with van der Waals surface area (Å²) in [5.41, 5.74) is 5.77. The Morgan fingerprint density at radius 1 is 1.28 bits per heavy atom. The number of aromatic nitrogens is 2. The van der Waals surface area contributed by atoms with Gasteiger partial charge in [-0.1, -0.05) is 57.9 Å². The number of hydrogen-bond donors (Lipinski definition) is 1. The highest BCUT2D eigenvalue weighted by Gasteiger charge is 2.21. The van der Waals surface area contributed by atoms with E-state index in [0.29, 0.717) is 5.92 Å². The van der Waals surface area contributed by atoms with E-state index in [9.17, 15) is 13.6 Å². The molecule has 1 N–H and O–H groups in total. The fraction of sp³-hybridized carbons (Fsp3) is 0.524. The van der Waals surface area contributed by atoms with Gasteiger partial charge in [0.1, 0.15) is 11.3 Å². The second-order valence-corrected chi connectivity index (χ2v) is 7.96. The summed E-state index contributed by atoms with van der Waals surface area (Å²) in [5, 5.41) is 11.8. The number of carboxylic acids is 1. The molecule has 0 saturated carbocycles. The molecule has 0 aliphatic carbocycles. The molecule has 1 heterocycles. The van der Waals surface area contributed by atoms with Crippen molar-refractivity contribution in [2.45, 2.75) is 46.0 Å². The van der Waals surface area contributed by atoms with Crippen LogP contribution in [-0.2, 0) is 23.7 Å². The van der Waals surface area contributed by atoms with Gasteiger partial charge in [-0.3, -0.25) is 4.68 Å². The van der Waals surface area contributed by atoms with Gasteiger partial charge in [0.25, 0.3) is 6.43 Å². The molecule has 0 aliphatic rings. The largest absolute Gasteiger partial charge is 0.534 e. The zero-order valence-electron chi connectivity index (χ0n) is 17.8. The van der Waals surface area contributed by atoms with Gasteiger partial charge in [0.05, 0.1) is 0 Å². The topological polar surface area (TPSA) is 78.5 Å². The first-order valence-corrected chi connectivity index (χ1v) is 9.30. The van der Waals surface area contributed by atoms with E-state index >= 15 is 0 Å². The number of carboxylic acid groups (broad SMARTS) is 1. The van der Waals surface area contributed by atoms with Crippen LogP contribution in [0.1, 0.15) is 61.3 Å². The van der Waals surface area contributed by atoms with Crippen LogP contribution in [0.3, 0.4) is 0 Å². The van der Waals surface area contributed by atoms with Crippen LogP contribution in [0.5, 0.6) is 0 Å². The Bertz CT molecular complexity index is 768. The first kappa shape index (κ1) is 24.7. The smallest absolute Gasteiger partial charge is 0.339 e. The molecule has 6 nitrogen and oxygen atoms in total. The van der Waals surface area contributed by atoms with E-state index in [1.807, 2.05) is 0 Å². The molecule has 0 amide bonds. The number of hydroxylamine groups is 1. The van der Waals surface area contributed by atoms with Crippen molar-refractivity contribution in [3.05, 3.63) is 58.3 Å². The van der Waals surface area contributed by atoms with E-state index in [-0.39, 0.29) is 5.41 Å². The molecule has 0 radical (unpaired) electrons. The molecular formula is C21H30F2N3O3-. The second-order valence-electron chi connectivity index (χ2n) is 7.96. The van der Waals surface area contributed by atoms with Crippen LogP contribution in [0, 0.1) is 5.92 Å². The number of aromatic carboxylic acids is 1. The summed E-state index contributed by atoms with van der Waals surface area (Å²) in [4.78, 5) is 15.1. The van der Waals surface area contributed by atoms with E-state index in [4.69, 9.17) is 9.94 Å². The molecule has 1 atom stereocenters. The highest BCUT2D eigenvalue weighted by atomic mass is 19.3. The second kappa shape index (κ2) is 11.0. The third-order valence-electron chi connectivity index (χ3n) is 4.21. The van der Waals surface area contributed by atoms with E-state index in [1.165, 1.54) is 18.2 Å². The standard InChI is InChI=1S/C15H24NO.C6H6F2N2O2/c1-12(11-16-17-5)10-13-6-8-14(9-7-13)15(2,3)4;1-10-2-3(6(11)12)4(9-10)5(7)8/h6-9,12H,10-11H2,1-5H3;2,5H,1H3,(H,11,12)/q-1;. The van der Waals surface area contributed by atoms with Gasteiger partial charge < -0.3 is 15.4 Å². The summed E-state index contributed by atoms with van der Waals surface area (Å²) in [6.07, 6.45) is -0.751. The van der Waals surface area contributed by atoms with Crippen molar-refractivity contribution in [3.8, 4) is 0 Å². The van der Waals surface area contributed by atoms with Crippen molar-refractivity contribution >= 4 is 5.97 Å². The minimum atomic E-state index is -2.85. The molecule has 0 aliphatic heterocycles. The van der Waals surface area contributed by atoms with Gasteiger partial charge in [-0.25, -0.2) is 13.6 Å². The van der Waals surface area contributed by atoms with Crippen molar-refractivity contribution in [2.24, 2.45) is 13.0 Å². The number of carbonyl (C=O) groups is 1. The summed E-state index contributed by atoms with van der Waals surface area (Å²) in [6.45, 7) is 9.67. The summed E-state index contributed by atoms with van der Waals surface area (Å²) in [5.74, 6) is -0.867. The van der Waals surface area contributed by atoms with Crippen molar-refractivity contribution < 1.29 is 23.5 Å². The van der Waals surface area contributed by atoms with Crippen LogP contribution < -0.4 is 0 Å². The number of nitrogens with zero attached hydrogens (tertiary/aromatic N) is 3. The van der Waals surface area contributed by atoms with Crippen LogP contribution in [0.4, 0.5) is 8.78 Å². The lowest BCUT2D eigenvalue weighted by Gasteiger charge is -2.23. The van der Waals surface area contributed by atoms with E-state index in [2.05, 4.69) is 62.5 Å². The van der Waals surface area contributed by atoms with E-state index in [1.54, 1.807) is 7.11 Å². The predicted molar refractivity (Wildman–Crippen MR) is 108 cm³/mol. The maximum Gasteiger partial charge on any atom is 0.339 e. The number of rotatable bonds is 7. The minimum Gasteiger partial charge on any atom is -0.534 e. The molecule has 2 aromatic rings. The van der Waals surface area contributed by atoms with E-state index in [0.717, 1.165) is 23.8 Å². The quantitative estimate of drug-likeness (QED) is 0.640. The molecule has 29 heavy (non-hydrogen) atoms. The Morgan fingerprint density at radius 3 is 2.28 bits per heavy atom. The number of halogens is 2. The Morgan fingerprint density at radius 2 is 1.86 bits per heavy atom. The van der Waals surface area contributed by atoms with Gasteiger partial charge in [0.15, 0.2) is 0 Å². The normalized spacial score (nSPS) is 12.4. The lowest BCUT2D eigenvalue weighted by molar-refractivity contribution is 0.0684. The van der Waals surface area contributed by atoms with Crippen LogP contribution in [-0.4, -0.2) is 34.5 Å². The Balaban J connectivity index is 0.000000308. The molecule has 0 fully saturated rings. The number of hydrogen-bond acceptors (Lipinski definition) is 3. The van der Waals surface area contributed by atoms with Crippen LogP contribution >= 0.6 is 0 Å². The van der Waals surface area contributed by atoms with Gasteiger partial charge in [-0.15, -0.1) is 6.54 Å². The zero-order chi connectivity index (χ0) is 22.2. The first-order valence-electron chi connectivity index (χ1n) is 9.30. The highest BCUT2D eigenvalue weighted by molar-refractivity contribution is 5.88. The SMILES string of the molecule is CO[N-]CC(C)Cc1ccc(C(C)(C)C)cc1.Cn1cc(C(=O)O)c(C(F)F)n1. The van der Waals surface area contributed by atoms with Gasteiger partial charge in [-0.2, -0.15) is 5.10 Å². The zero-order valence-corrected chi connectivity index (χ0v) is 17.8. The summed E-state index contributed by atoms with van der Waals surface area (Å²) in [6, 6.07) is 8.92. The summed E-state index contributed by atoms with van der Waals surface area (Å²) >= 11 is 0. The number of alkyl halides is 2. The van der Waals surface area contributed by atoms with Gasteiger partial charge in [-0.05, 0) is 23.0 Å². The van der Waals surface area contributed by atoms with Crippen LogP contribution in [0.15, 0.2) is 30.5 Å². The fourth-order valence-electron chi connectivity index (χ4n) is 2.64. The van der Waals surface area contributed by atoms with Gasteiger partial charge >= 0.3 is 5.97 Å². The lowest BCUT2D eigenvalue weighted by Crippen LogP contribution is -2.11. The van der Waals surface area contributed by atoms with Crippen molar-refractivity contribution in [3.63, 3.8) is 0 Å². The third-order valence-corrected chi connectivity index (χ3v) is 4.21. The molecule has 1 aromatic carbocycles. The van der Waals surface area contributed by atoms with Crippen molar-refractivity contribution in [1.29, 1.82) is 0 Å². The van der Waals surface area contributed by atoms with Crippen LogP contribution in [0.2, 0.25) is 0 Å². The molecule has 0 saturated heterocycles. The molecule has 1 aromatic heterocycles. The molecule has 0 bridgehead atoms.